The fourth-order valence-corrected chi connectivity index (χ4v) is 2.13. The number of carboxylic acids is 1. The zero-order valence-electron chi connectivity index (χ0n) is 9.13. The van der Waals surface area contributed by atoms with E-state index in [1.807, 2.05) is 0 Å². The van der Waals surface area contributed by atoms with Crippen molar-refractivity contribution in [2.24, 2.45) is 0 Å². The number of thioether (sulfide) groups is 1. The van der Waals surface area contributed by atoms with E-state index >= 15 is 0 Å². The molecular weight excluding hydrogens is 272 g/mol. The average molecular weight is 282 g/mol. The molecule has 1 aromatic carbocycles. The second kappa shape index (κ2) is 6.08. The van der Waals surface area contributed by atoms with Crippen LogP contribution in [0.25, 0.3) is 0 Å². The van der Waals surface area contributed by atoms with Crippen LogP contribution in [0.1, 0.15) is 23.2 Å². The molecule has 0 aliphatic heterocycles. The van der Waals surface area contributed by atoms with Gasteiger partial charge in [-0.25, -0.2) is 9.18 Å². The summed E-state index contributed by atoms with van der Waals surface area (Å²) in [6, 6.07) is 3.23. The second-order valence-corrected chi connectivity index (χ2v) is 4.65. The maximum atomic E-state index is 13.3. The largest absolute Gasteiger partial charge is 0.478 e. The van der Waals surface area contributed by atoms with E-state index in [9.17, 15) is 22.4 Å². The molecule has 0 heterocycles. The Bertz CT molecular complexity index is 432. The molecule has 0 atom stereocenters. The number of halogens is 4. The molecule has 1 aromatic rings. The lowest BCUT2D eigenvalue weighted by Crippen LogP contribution is -2.07. The number of rotatable bonds is 5. The number of hydrogen-bond acceptors (Lipinski definition) is 2. The first-order valence-corrected chi connectivity index (χ1v) is 6.00. The molecule has 0 bridgehead atoms. The number of carbonyl (C=O) groups is 1. The van der Waals surface area contributed by atoms with Crippen molar-refractivity contribution in [3.63, 3.8) is 0 Å². The van der Waals surface area contributed by atoms with Crippen LogP contribution < -0.4 is 0 Å². The van der Waals surface area contributed by atoms with Crippen molar-refractivity contribution >= 4 is 17.7 Å². The van der Waals surface area contributed by atoms with Crippen LogP contribution >= 0.6 is 11.8 Å². The van der Waals surface area contributed by atoms with Crippen LogP contribution in [-0.4, -0.2) is 23.0 Å². The number of hydrogen-bond donors (Lipinski definition) is 1. The van der Waals surface area contributed by atoms with Crippen LogP contribution in [0.5, 0.6) is 0 Å². The molecule has 0 saturated carbocycles. The van der Waals surface area contributed by atoms with E-state index in [1.165, 1.54) is 0 Å². The first kappa shape index (κ1) is 14.8. The van der Waals surface area contributed by atoms with Gasteiger partial charge in [-0.15, -0.1) is 11.8 Å². The van der Waals surface area contributed by atoms with Crippen molar-refractivity contribution in [3.05, 3.63) is 29.6 Å². The lowest BCUT2D eigenvalue weighted by molar-refractivity contribution is -0.134. The Morgan fingerprint density at radius 2 is 2.00 bits per heavy atom. The highest BCUT2D eigenvalue weighted by atomic mass is 32.2. The van der Waals surface area contributed by atoms with Gasteiger partial charge in [-0.2, -0.15) is 13.2 Å². The summed E-state index contributed by atoms with van der Waals surface area (Å²) in [7, 11) is 0. The molecule has 1 N–H and O–H groups in total. The summed E-state index contributed by atoms with van der Waals surface area (Å²) in [6.45, 7) is 0. The van der Waals surface area contributed by atoms with Gasteiger partial charge >= 0.3 is 12.1 Å². The van der Waals surface area contributed by atoms with E-state index in [4.69, 9.17) is 5.11 Å². The molecule has 7 heteroatoms. The molecule has 0 aliphatic rings. The van der Waals surface area contributed by atoms with Gasteiger partial charge in [-0.05, 0) is 30.4 Å². The minimum absolute atomic E-state index is 0.0528. The zero-order chi connectivity index (χ0) is 13.8. The van der Waals surface area contributed by atoms with E-state index in [1.54, 1.807) is 0 Å². The van der Waals surface area contributed by atoms with Crippen LogP contribution in [0.2, 0.25) is 0 Å². The zero-order valence-corrected chi connectivity index (χ0v) is 9.95. The predicted molar refractivity (Wildman–Crippen MR) is 59.4 cm³/mol. The van der Waals surface area contributed by atoms with E-state index in [-0.39, 0.29) is 22.6 Å². The summed E-state index contributed by atoms with van der Waals surface area (Å²) < 4.78 is 48.9. The lowest BCUT2D eigenvalue weighted by atomic mass is 10.2. The molecular formula is C11H10F4O2S. The summed E-state index contributed by atoms with van der Waals surface area (Å²) in [4.78, 5) is 10.7. The molecule has 2 nitrogen and oxygen atoms in total. The van der Waals surface area contributed by atoms with Crippen molar-refractivity contribution in [2.75, 3.05) is 5.75 Å². The van der Waals surface area contributed by atoms with Crippen molar-refractivity contribution in [2.45, 2.75) is 23.9 Å². The first-order chi connectivity index (χ1) is 8.29. The van der Waals surface area contributed by atoms with Gasteiger partial charge in [0.15, 0.2) is 0 Å². The Morgan fingerprint density at radius 1 is 1.33 bits per heavy atom. The van der Waals surface area contributed by atoms with Crippen molar-refractivity contribution in [1.82, 2.24) is 0 Å². The van der Waals surface area contributed by atoms with Crippen LogP contribution in [0.4, 0.5) is 17.6 Å². The molecule has 0 amide bonds. The minimum Gasteiger partial charge on any atom is -0.478 e. The molecule has 0 aromatic heterocycles. The first-order valence-electron chi connectivity index (χ1n) is 5.02. The molecule has 0 aliphatic carbocycles. The Labute approximate surface area is 105 Å². The molecule has 1 rings (SSSR count). The molecule has 0 spiro atoms. The van der Waals surface area contributed by atoms with Gasteiger partial charge in [0.05, 0.1) is 5.56 Å². The van der Waals surface area contributed by atoms with E-state index in [2.05, 4.69) is 0 Å². The van der Waals surface area contributed by atoms with Crippen molar-refractivity contribution in [3.8, 4) is 0 Å². The standard InChI is InChI=1S/C11H10F4O2S/c12-8-3-2-7(10(16)17)6-9(8)18-5-1-4-11(13,14)15/h2-3,6H,1,4-5H2,(H,16,17). The summed E-state index contributed by atoms with van der Waals surface area (Å²) in [5, 5.41) is 8.70. The molecule has 0 radical (unpaired) electrons. The SMILES string of the molecule is O=C(O)c1ccc(F)c(SCCCC(F)(F)F)c1. The summed E-state index contributed by atoms with van der Waals surface area (Å²) in [6.07, 6.45) is -5.28. The van der Waals surface area contributed by atoms with E-state index in [0.29, 0.717) is 0 Å². The second-order valence-electron chi connectivity index (χ2n) is 3.52. The molecule has 100 valence electrons. The van der Waals surface area contributed by atoms with Gasteiger partial charge in [-0.1, -0.05) is 0 Å². The van der Waals surface area contributed by atoms with Crippen molar-refractivity contribution < 1.29 is 27.5 Å². The third kappa shape index (κ3) is 4.95. The third-order valence-electron chi connectivity index (χ3n) is 2.04. The Balaban J connectivity index is 2.56. The van der Waals surface area contributed by atoms with Crippen LogP contribution in [-0.2, 0) is 0 Å². The molecule has 0 saturated heterocycles. The quantitative estimate of drug-likeness (QED) is 0.504. The van der Waals surface area contributed by atoms with Crippen LogP contribution in [0, 0.1) is 5.82 Å². The van der Waals surface area contributed by atoms with Crippen molar-refractivity contribution in [1.29, 1.82) is 0 Å². The van der Waals surface area contributed by atoms with Gasteiger partial charge in [0.1, 0.15) is 5.82 Å². The highest BCUT2D eigenvalue weighted by molar-refractivity contribution is 7.99. The van der Waals surface area contributed by atoms with Gasteiger partial charge in [0.25, 0.3) is 0 Å². The summed E-state index contributed by atoms with van der Waals surface area (Å²) in [5.41, 5.74) is -0.0882. The average Bonchev–Trinajstić information content (AvgIpc) is 2.24. The number of aromatic carboxylic acids is 1. The Hall–Kier alpha value is -1.24. The third-order valence-corrected chi connectivity index (χ3v) is 3.16. The normalized spacial score (nSPS) is 11.6. The molecule has 18 heavy (non-hydrogen) atoms. The lowest BCUT2D eigenvalue weighted by Gasteiger charge is -2.06. The Morgan fingerprint density at radius 3 is 2.56 bits per heavy atom. The smallest absolute Gasteiger partial charge is 0.389 e. The molecule has 0 unspecified atom stereocenters. The summed E-state index contributed by atoms with van der Waals surface area (Å²) >= 11 is 0.881. The minimum atomic E-state index is -4.22. The van der Waals surface area contributed by atoms with Gasteiger partial charge in [0.2, 0.25) is 0 Å². The van der Waals surface area contributed by atoms with E-state index < -0.39 is 24.4 Å². The topological polar surface area (TPSA) is 37.3 Å². The maximum Gasteiger partial charge on any atom is 0.389 e. The highest BCUT2D eigenvalue weighted by Gasteiger charge is 2.26. The number of alkyl halides is 3. The fourth-order valence-electron chi connectivity index (χ4n) is 1.20. The predicted octanol–water partition coefficient (Wildman–Crippen LogP) is 3.96. The maximum absolute atomic E-state index is 13.3. The molecule has 0 fully saturated rings. The van der Waals surface area contributed by atoms with Gasteiger partial charge in [-0.3, -0.25) is 0 Å². The summed E-state index contributed by atoms with van der Waals surface area (Å²) in [5.74, 6) is -1.75. The van der Waals surface area contributed by atoms with Crippen LogP contribution in [0.15, 0.2) is 23.1 Å². The Kier molecular flexibility index (Phi) is 5.01. The highest BCUT2D eigenvalue weighted by Crippen LogP contribution is 2.27. The van der Waals surface area contributed by atoms with Crippen LogP contribution in [0.3, 0.4) is 0 Å². The fraction of sp³-hybridized carbons (Fsp3) is 0.364. The number of carboxylic acid groups (broad SMARTS) is 1. The number of benzene rings is 1. The van der Waals surface area contributed by atoms with Gasteiger partial charge in [0, 0.05) is 11.3 Å². The monoisotopic (exact) mass is 282 g/mol. The van der Waals surface area contributed by atoms with E-state index in [0.717, 1.165) is 30.0 Å². The van der Waals surface area contributed by atoms with Gasteiger partial charge < -0.3 is 5.11 Å².